The highest BCUT2D eigenvalue weighted by Gasteiger charge is 2.54. The van der Waals surface area contributed by atoms with Crippen LogP contribution in [-0.2, 0) is 14.3 Å². The van der Waals surface area contributed by atoms with E-state index in [-0.39, 0.29) is 11.4 Å². The predicted octanol–water partition coefficient (Wildman–Crippen LogP) is 2.08. The molecule has 0 radical (unpaired) electrons. The lowest BCUT2D eigenvalue weighted by Crippen LogP contribution is -2.43. The van der Waals surface area contributed by atoms with Crippen LogP contribution >= 0.6 is 34.8 Å². The van der Waals surface area contributed by atoms with Gasteiger partial charge in [-0.25, -0.2) is 0 Å². The highest BCUT2D eigenvalue weighted by atomic mass is 35.6. The van der Waals surface area contributed by atoms with Gasteiger partial charge in [0.1, 0.15) is 5.92 Å². The van der Waals surface area contributed by atoms with Crippen molar-refractivity contribution in [2.75, 3.05) is 13.7 Å². The van der Waals surface area contributed by atoms with E-state index in [1.165, 1.54) is 11.0 Å². The molecule has 0 aromatic carbocycles. The standard InChI is InChI=1S/C11H12Cl3NO3/c1-18-6-10(3-4-10)15-5-2-7(9(15)17)8(16)11(12,13)14/h2,5,7H,3-4,6H2,1H3. The van der Waals surface area contributed by atoms with E-state index < -0.39 is 15.5 Å². The van der Waals surface area contributed by atoms with Crippen molar-refractivity contribution >= 4 is 46.5 Å². The molecule has 1 amide bonds. The second kappa shape index (κ2) is 4.67. The van der Waals surface area contributed by atoms with Crippen molar-refractivity contribution < 1.29 is 14.3 Å². The fraction of sp³-hybridized carbons (Fsp3) is 0.636. The maximum absolute atomic E-state index is 12.2. The van der Waals surface area contributed by atoms with Gasteiger partial charge < -0.3 is 9.64 Å². The van der Waals surface area contributed by atoms with Gasteiger partial charge in [0.05, 0.1) is 12.1 Å². The van der Waals surface area contributed by atoms with Gasteiger partial charge in [-0.2, -0.15) is 0 Å². The molecule has 0 N–H and O–H groups in total. The third-order valence-corrected chi connectivity index (χ3v) is 3.80. The molecular weight excluding hydrogens is 300 g/mol. The maximum Gasteiger partial charge on any atom is 0.249 e. The van der Waals surface area contributed by atoms with E-state index in [1.807, 2.05) is 0 Å². The summed E-state index contributed by atoms with van der Waals surface area (Å²) >= 11 is 16.6. The van der Waals surface area contributed by atoms with Gasteiger partial charge in [-0.3, -0.25) is 9.59 Å². The zero-order valence-electron chi connectivity index (χ0n) is 9.66. The summed E-state index contributed by atoms with van der Waals surface area (Å²) in [4.78, 5) is 25.5. The van der Waals surface area contributed by atoms with Crippen LogP contribution in [0.3, 0.4) is 0 Å². The van der Waals surface area contributed by atoms with Gasteiger partial charge >= 0.3 is 0 Å². The van der Waals surface area contributed by atoms with Crippen molar-refractivity contribution in [3.63, 3.8) is 0 Å². The van der Waals surface area contributed by atoms with E-state index >= 15 is 0 Å². The van der Waals surface area contributed by atoms with Gasteiger partial charge in [-0.15, -0.1) is 0 Å². The quantitative estimate of drug-likeness (QED) is 0.590. The van der Waals surface area contributed by atoms with Crippen molar-refractivity contribution in [3.05, 3.63) is 12.3 Å². The zero-order valence-corrected chi connectivity index (χ0v) is 11.9. The number of halogens is 3. The molecule has 7 heteroatoms. The largest absolute Gasteiger partial charge is 0.382 e. The average molecular weight is 313 g/mol. The molecule has 1 unspecified atom stereocenters. The first-order valence-electron chi connectivity index (χ1n) is 5.43. The lowest BCUT2D eigenvalue weighted by molar-refractivity contribution is -0.138. The molecule has 100 valence electrons. The zero-order chi connectivity index (χ0) is 13.6. The number of amides is 1. The predicted molar refractivity (Wildman–Crippen MR) is 68.6 cm³/mol. The van der Waals surface area contributed by atoms with Crippen LogP contribution in [0.25, 0.3) is 0 Å². The Bertz CT molecular complexity index is 412. The van der Waals surface area contributed by atoms with Crippen molar-refractivity contribution in [2.45, 2.75) is 22.2 Å². The Hall–Kier alpha value is -0.290. The number of Topliss-reactive ketones (excluding diaryl/α,β-unsaturated/α-hetero) is 1. The Kier molecular flexibility index (Phi) is 3.67. The molecular formula is C11H12Cl3NO3. The number of methoxy groups -OCH3 is 1. The molecule has 1 aliphatic carbocycles. The smallest absolute Gasteiger partial charge is 0.249 e. The molecule has 2 aliphatic rings. The molecule has 4 nitrogen and oxygen atoms in total. The van der Waals surface area contributed by atoms with Crippen LogP contribution in [0.5, 0.6) is 0 Å². The Morgan fingerprint density at radius 1 is 1.56 bits per heavy atom. The molecule has 1 fully saturated rings. The van der Waals surface area contributed by atoms with Gasteiger partial charge in [0.15, 0.2) is 5.78 Å². The summed E-state index contributed by atoms with van der Waals surface area (Å²) in [5, 5.41) is 0. The Balaban J connectivity index is 2.12. The van der Waals surface area contributed by atoms with Crippen LogP contribution in [0, 0.1) is 5.92 Å². The molecule has 2 rings (SSSR count). The average Bonchev–Trinajstić information content (AvgIpc) is 2.93. The lowest BCUT2D eigenvalue weighted by atomic mass is 10.1. The molecule has 0 aromatic heterocycles. The normalized spacial score (nSPS) is 25.7. The number of carbonyl (C=O) groups excluding carboxylic acids is 2. The highest BCUT2D eigenvalue weighted by Crippen LogP contribution is 2.45. The van der Waals surface area contributed by atoms with Crippen LogP contribution in [0.1, 0.15) is 12.8 Å². The first-order chi connectivity index (χ1) is 8.32. The van der Waals surface area contributed by atoms with Crippen LogP contribution < -0.4 is 0 Å². The molecule has 1 heterocycles. The molecule has 18 heavy (non-hydrogen) atoms. The van der Waals surface area contributed by atoms with Gasteiger partial charge in [0.2, 0.25) is 9.70 Å². The fourth-order valence-electron chi connectivity index (χ4n) is 2.11. The second-order valence-electron chi connectivity index (χ2n) is 4.55. The number of ketones is 1. The van der Waals surface area contributed by atoms with Crippen LogP contribution in [0.2, 0.25) is 0 Å². The Morgan fingerprint density at radius 2 is 2.17 bits per heavy atom. The number of ether oxygens (including phenoxy) is 1. The summed E-state index contributed by atoms with van der Waals surface area (Å²) in [6.45, 7) is 0.442. The van der Waals surface area contributed by atoms with Crippen molar-refractivity contribution in [1.29, 1.82) is 0 Å². The van der Waals surface area contributed by atoms with Gasteiger partial charge in [-0.05, 0) is 18.9 Å². The van der Waals surface area contributed by atoms with Gasteiger partial charge in [-0.1, -0.05) is 34.8 Å². The lowest BCUT2D eigenvalue weighted by Gasteiger charge is -2.26. The maximum atomic E-state index is 12.2. The molecule has 0 aromatic rings. The Morgan fingerprint density at radius 3 is 2.61 bits per heavy atom. The van der Waals surface area contributed by atoms with Crippen molar-refractivity contribution in [1.82, 2.24) is 4.90 Å². The van der Waals surface area contributed by atoms with E-state index in [1.54, 1.807) is 13.3 Å². The van der Waals surface area contributed by atoms with Crippen molar-refractivity contribution in [3.8, 4) is 0 Å². The van der Waals surface area contributed by atoms with E-state index in [4.69, 9.17) is 39.5 Å². The summed E-state index contributed by atoms with van der Waals surface area (Å²) in [5.41, 5.74) is -0.315. The Labute approximate surface area is 120 Å². The van der Waals surface area contributed by atoms with Gasteiger partial charge in [0, 0.05) is 13.3 Å². The van der Waals surface area contributed by atoms with E-state index in [2.05, 4.69) is 0 Å². The third kappa shape index (κ3) is 2.39. The van der Waals surface area contributed by atoms with Gasteiger partial charge in [0.25, 0.3) is 0 Å². The van der Waals surface area contributed by atoms with Crippen LogP contribution in [-0.4, -0.2) is 39.6 Å². The number of carbonyl (C=O) groups is 2. The molecule has 1 saturated carbocycles. The summed E-state index contributed by atoms with van der Waals surface area (Å²) in [5.74, 6) is -2.07. The van der Waals surface area contributed by atoms with E-state index in [0.717, 1.165) is 12.8 Å². The highest BCUT2D eigenvalue weighted by molar-refractivity contribution is 6.76. The number of nitrogens with zero attached hydrogens (tertiary/aromatic N) is 1. The second-order valence-corrected chi connectivity index (χ2v) is 6.83. The molecule has 1 aliphatic heterocycles. The molecule has 0 spiro atoms. The summed E-state index contributed by atoms with van der Waals surface area (Å²) in [7, 11) is 1.58. The monoisotopic (exact) mass is 311 g/mol. The number of rotatable bonds is 4. The van der Waals surface area contributed by atoms with E-state index in [0.29, 0.717) is 6.61 Å². The van der Waals surface area contributed by atoms with Crippen LogP contribution in [0.4, 0.5) is 0 Å². The molecule has 0 bridgehead atoms. The third-order valence-electron chi connectivity index (χ3n) is 3.24. The minimum absolute atomic E-state index is 0.315. The fourth-order valence-corrected chi connectivity index (χ4v) is 2.47. The van der Waals surface area contributed by atoms with E-state index in [9.17, 15) is 9.59 Å². The minimum atomic E-state index is -2.07. The first kappa shape index (κ1) is 14.1. The van der Waals surface area contributed by atoms with Crippen LogP contribution in [0.15, 0.2) is 12.3 Å². The molecule has 0 saturated heterocycles. The summed E-state index contributed by atoms with van der Waals surface area (Å²) < 4.78 is 3.03. The summed E-state index contributed by atoms with van der Waals surface area (Å²) in [6, 6.07) is 0. The SMILES string of the molecule is COCC1(N2C=CC(C(=O)C(Cl)(Cl)Cl)C2=O)CC1. The summed E-state index contributed by atoms with van der Waals surface area (Å²) in [6.07, 6.45) is 4.77. The minimum Gasteiger partial charge on any atom is -0.382 e. The number of hydrogen-bond donors (Lipinski definition) is 0. The first-order valence-corrected chi connectivity index (χ1v) is 6.57. The topological polar surface area (TPSA) is 46.6 Å². The number of alkyl halides is 3. The number of hydrogen-bond acceptors (Lipinski definition) is 3. The van der Waals surface area contributed by atoms with Crippen molar-refractivity contribution in [2.24, 2.45) is 5.92 Å². The molecule has 1 atom stereocenters.